The van der Waals surface area contributed by atoms with Gasteiger partial charge in [-0.3, -0.25) is 9.57 Å². The second-order valence-electron chi connectivity index (χ2n) is 11.9. The summed E-state index contributed by atoms with van der Waals surface area (Å²) in [6.07, 6.45) is -1.36. The van der Waals surface area contributed by atoms with Gasteiger partial charge in [-0.05, 0) is 44.4 Å². The van der Waals surface area contributed by atoms with Gasteiger partial charge in [-0.2, -0.15) is 18.3 Å². The van der Waals surface area contributed by atoms with Crippen LogP contribution in [0.4, 0.5) is 33.3 Å². The van der Waals surface area contributed by atoms with E-state index in [1.807, 2.05) is 0 Å². The number of rotatable bonds is 4. The third-order valence-corrected chi connectivity index (χ3v) is 11.2. The molecule has 0 bridgehead atoms. The smallest absolute Gasteiger partial charge is 0.342 e. The van der Waals surface area contributed by atoms with Gasteiger partial charge in [0.1, 0.15) is 10.8 Å². The zero-order valence-electron chi connectivity index (χ0n) is 22.9. The molecule has 4 atom stereocenters. The summed E-state index contributed by atoms with van der Waals surface area (Å²) in [5, 5.41) is 3.63. The number of likely N-dealkylation sites (tertiary alicyclic amines) is 1. The van der Waals surface area contributed by atoms with Crippen LogP contribution in [0.1, 0.15) is 43.9 Å². The predicted octanol–water partition coefficient (Wildman–Crippen LogP) is 5.76. The molecule has 1 saturated carbocycles. The second kappa shape index (κ2) is 9.01. The minimum atomic E-state index is -4.65. The topological polar surface area (TPSA) is 94.7 Å². The number of benzene rings is 1. The first-order chi connectivity index (χ1) is 19.4. The highest BCUT2D eigenvalue weighted by atomic mass is 35.5. The number of fused-ring (bicyclic) bond motifs is 3. The highest BCUT2D eigenvalue weighted by Crippen LogP contribution is 2.72. The number of piperidine rings is 1. The van der Waals surface area contributed by atoms with Gasteiger partial charge in [0, 0.05) is 52.6 Å². The van der Waals surface area contributed by atoms with E-state index in [9.17, 15) is 22.2 Å². The normalized spacial score (nSPS) is 29.0. The molecule has 2 fully saturated rings. The Morgan fingerprint density at radius 2 is 1.76 bits per heavy atom. The number of halogens is 6. The molecule has 4 heterocycles. The number of amides is 1. The lowest BCUT2D eigenvalue weighted by Gasteiger charge is -2.33. The number of aromatic nitrogens is 3. The highest BCUT2D eigenvalue weighted by Gasteiger charge is 2.82. The van der Waals surface area contributed by atoms with Gasteiger partial charge in [-0.15, -0.1) is 0 Å². The fraction of sp³-hybridized carbons (Fsp3) is 0.519. The Hall–Kier alpha value is -3.00. The first-order valence-corrected chi connectivity index (χ1v) is 15.7. The van der Waals surface area contributed by atoms with Crippen molar-refractivity contribution in [2.24, 2.45) is 5.41 Å². The maximum absolute atomic E-state index is 15.3. The quantitative estimate of drug-likeness (QED) is 0.370. The summed E-state index contributed by atoms with van der Waals surface area (Å²) in [4.78, 5) is 20.3. The molecule has 3 aliphatic rings. The van der Waals surface area contributed by atoms with Gasteiger partial charge in [0.2, 0.25) is 5.91 Å². The van der Waals surface area contributed by atoms with Crippen molar-refractivity contribution in [1.29, 1.82) is 4.78 Å². The monoisotopic (exact) mass is 630 g/mol. The Bertz CT molecular complexity index is 1700. The molecule has 42 heavy (non-hydrogen) atoms. The van der Waals surface area contributed by atoms with Crippen molar-refractivity contribution in [3.05, 3.63) is 52.9 Å². The molecule has 1 amide bonds. The standard InChI is InChI=1S/C27H28ClF5N6O2S/c1-24(27(31,32)33)14-38(18-13-35-20-12-19(28)36-39(20)22(18)24)16-6-4-15(5-7-16)21-25(2,26(21,29)30)23(40)37-10-8-17(9-11-37)42(3,34)41/h4-7,12-13,17,21,34H,8-11,14H2,1-3H3/t21-,24-,25+,42?/m1/s1. The van der Waals surface area contributed by atoms with Crippen molar-refractivity contribution in [3.8, 4) is 0 Å². The Balaban J connectivity index is 1.28. The second-order valence-corrected chi connectivity index (χ2v) is 14.8. The van der Waals surface area contributed by atoms with Crippen molar-refractivity contribution >= 4 is 44.3 Å². The van der Waals surface area contributed by atoms with Gasteiger partial charge in [0.15, 0.2) is 10.8 Å². The third kappa shape index (κ3) is 4.04. The van der Waals surface area contributed by atoms with Crippen LogP contribution in [0.5, 0.6) is 0 Å². The predicted molar refractivity (Wildman–Crippen MR) is 147 cm³/mol. The lowest BCUT2D eigenvalue weighted by molar-refractivity contribution is -0.181. The molecule has 6 rings (SSSR count). The number of carbonyl (C=O) groups excluding carboxylic acids is 1. The fourth-order valence-corrected chi connectivity index (χ4v) is 7.85. The van der Waals surface area contributed by atoms with Gasteiger partial charge >= 0.3 is 6.18 Å². The average molecular weight is 631 g/mol. The fourth-order valence-electron chi connectivity index (χ4n) is 6.56. The highest BCUT2D eigenvalue weighted by molar-refractivity contribution is 7.92. The van der Waals surface area contributed by atoms with E-state index in [1.54, 1.807) is 0 Å². The van der Waals surface area contributed by atoms with Crippen molar-refractivity contribution in [2.75, 3.05) is 30.8 Å². The molecule has 1 unspecified atom stereocenters. The lowest BCUT2D eigenvalue weighted by Crippen LogP contribution is -2.46. The van der Waals surface area contributed by atoms with Crippen LogP contribution >= 0.6 is 11.6 Å². The van der Waals surface area contributed by atoms with Crippen molar-refractivity contribution in [2.45, 2.75) is 55.4 Å². The van der Waals surface area contributed by atoms with Gasteiger partial charge in [0.05, 0.1) is 23.5 Å². The molecule has 3 aromatic rings. The van der Waals surface area contributed by atoms with Crippen molar-refractivity contribution in [3.63, 3.8) is 0 Å². The molecular weight excluding hydrogens is 603 g/mol. The van der Waals surface area contributed by atoms with Crippen LogP contribution in [-0.4, -0.2) is 72.9 Å². The van der Waals surface area contributed by atoms with Crippen LogP contribution in [0.2, 0.25) is 5.15 Å². The van der Waals surface area contributed by atoms with Gasteiger partial charge in [-0.25, -0.2) is 22.5 Å². The van der Waals surface area contributed by atoms with Gasteiger partial charge in [-0.1, -0.05) is 23.7 Å². The summed E-state index contributed by atoms with van der Waals surface area (Å²) in [5.41, 5.74) is -3.58. The Labute approximate surface area is 243 Å². The van der Waals surface area contributed by atoms with Crippen LogP contribution in [-0.2, 0) is 19.9 Å². The molecule has 1 N–H and O–H groups in total. The van der Waals surface area contributed by atoms with Gasteiger partial charge in [0.25, 0.3) is 5.92 Å². The molecule has 226 valence electrons. The maximum Gasteiger partial charge on any atom is 0.401 e. The number of nitrogens with zero attached hydrogens (tertiary/aromatic N) is 5. The lowest BCUT2D eigenvalue weighted by atomic mass is 9.87. The molecule has 0 spiro atoms. The van der Waals surface area contributed by atoms with E-state index in [4.69, 9.17) is 16.4 Å². The van der Waals surface area contributed by atoms with E-state index < -0.39 is 51.0 Å². The molecule has 2 aromatic heterocycles. The SMILES string of the molecule is C[C@@]1(C(F)(F)F)CN(c2ccc([C@H]3C(F)(F)[C@]3(C)C(=O)N3CCC(S(C)(=N)=O)CC3)cc2)c2cnc3cc(Cl)nn3c21. The molecule has 1 saturated heterocycles. The Morgan fingerprint density at radius 3 is 2.33 bits per heavy atom. The largest absolute Gasteiger partial charge is 0.401 e. The summed E-state index contributed by atoms with van der Waals surface area (Å²) in [5.74, 6) is -5.44. The van der Waals surface area contributed by atoms with Crippen LogP contribution in [0.25, 0.3) is 5.65 Å². The zero-order valence-corrected chi connectivity index (χ0v) is 24.5. The van der Waals surface area contributed by atoms with E-state index in [-0.39, 0.29) is 46.1 Å². The maximum atomic E-state index is 15.3. The number of nitrogens with one attached hydrogen (secondary N) is 1. The minimum absolute atomic E-state index is 0.00284. The average Bonchev–Trinajstić information content (AvgIpc) is 3.19. The minimum Gasteiger partial charge on any atom is -0.342 e. The molecule has 15 heteroatoms. The Morgan fingerprint density at radius 1 is 1.14 bits per heavy atom. The molecular formula is C27H28ClF5N6O2S. The third-order valence-electron chi connectivity index (χ3n) is 9.24. The van der Waals surface area contributed by atoms with E-state index >= 15 is 8.78 Å². The summed E-state index contributed by atoms with van der Waals surface area (Å²) in [7, 11) is -2.79. The van der Waals surface area contributed by atoms with E-state index in [0.717, 1.165) is 11.4 Å². The van der Waals surface area contributed by atoms with E-state index in [1.165, 1.54) is 59.5 Å². The molecule has 1 aromatic carbocycles. The van der Waals surface area contributed by atoms with Crippen molar-refractivity contribution < 1.29 is 31.0 Å². The van der Waals surface area contributed by atoms with Crippen LogP contribution in [0.3, 0.4) is 0 Å². The molecule has 0 radical (unpaired) electrons. The summed E-state index contributed by atoms with van der Waals surface area (Å²) < 4.78 is 94.9. The van der Waals surface area contributed by atoms with Crippen molar-refractivity contribution in [1.82, 2.24) is 19.5 Å². The number of hydrogen-bond donors (Lipinski definition) is 1. The number of anilines is 2. The number of carbonyl (C=O) groups is 1. The first kappa shape index (κ1) is 29.1. The van der Waals surface area contributed by atoms with E-state index in [0.29, 0.717) is 18.5 Å². The number of alkyl halides is 5. The summed E-state index contributed by atoms with van der Waals surface area (Å²) in [6, 6.07) is 7.15. The number of hydrogen-bond acceptors (Lipinski definition) is 6. The Kier molecular flexibility index (Phi) is 6.24. The van der Waals surface area contributed by atoms with Gasteiger partial charge < -0.3 is 9.80 Å². The first-order valence-electron chi connectivity index (χ1n) is 13.3. The van der Waals surface area contributed by atoms with Crippen LogP contribution in [0, 0.1) is 10.2 Å². The van der Waals surface area contributed by atoms with E-state index in [2.05, 4.69) is 10.1 Å². The van der Waals surface area contributed by atoms with Crippen LogP contribution in [0.15, 0.2) is 36.5 Å². The summed E-state index contributed by atoms with van der Waals surface area (Å²) >= 11 is 5.97. The molecule has 1 aliphatic carbocycles. The molecule has 8 nitrogen and oxygen atoms in total. The zero-order chi connectivity index (χ0) is 30.6. The summed E-state index contributed by atoms with van der Waals surface area (Å²) in [6.45, 7) is 2.12. The van der Waals surface area contributed by atoms with Crippen LogP contribution < -0.4 is 4.90 Å². The molecule has 2 aliphatic heterocycles.